The van der Waals surface area contributed by atoms with Crippen LogP contribution in [0.25, 0.3) is 0 Å². The maximum absolute atomic E-state index is 12.9. The second kappa shape index (κ2) is 7.70. The Morgan fingerprint density at radius 3 is 2.43 bits per heavy atom. The van der Waals surface area contributed by atoms with Gasteiger partial charge < -0.3 is 10.2 Å². The summed E-state index contributed by atoms with van der Waals surface area (Å²) >= 11 is 0. The lowest BCUT2D eigenvalue weighted by molar-refractivity contribution is -0.133. The van der Waals surface area contributed by atoms with Crippen molar-refractivity contribution in [1.82, 2.24) is 20.0 Å². The molecule has 28 heavy (non-hydrogen) atoms. The maximum Gasteiger partial charge on any atom is 0.223 e. The monoisotopic (exact) mass is 382 g/mol. The Hall–Kier alpha value is -2.14. The van der Waals surface area contributed by atoms with Crippen molar-refractivity contribution in [2.75, 3.05) is 6.54 Å². The predicted octanol–water partition coefficient (Wildman–Crippen LogP) is 3.82. The highest BCUT2D eigenvalue weighted by molar-refractivity contribution is 5.80. The molecule has 152 valence electrons. The summed E-state index contributed by atoms with van der Waals surface area (Å²) in [7, 11) is 1.93. The summed E-state index contributed by atoms with van der Waals surface area (Å²) in [5.74, 6) is 0.471. The first-order valence-electron chi connectivity index (χ1n) is 10.2. The van der Waals surface area contributed by atoms with Gasteiger partial charge in [0.1, 0.15) is 0 Å². The number of amides is 1. The van der Waals surface area contributed by atoms with Gasteiger partial charge in [0.05, 0.1) is 12.2 Å². The fourth-order valence-electron chi connectivity index (χ4n) is 4.39. The van der Waals surface area contributed by atoms with E-state index in [1.165, 1.54) is 22.3 Å². The molecule has 0 radical (unpaired) electrons. The summed E-state index contributed by atoms with van der Waals surface area (Å²) in [4.78, 5) is 14.9. The summed E-state index contributed by atoms with van der Waals surface area (Å²) in [6, 6.07) is 4.59. The molecule has 1 aromatic carbocycles. The molecule has 1 aliphatic heterocycles. The molecule has 2 atom stereocenters. The Balaban J connectivity index is 1.76. The molecule has 0 saturated carbocycles. The molecule has 1 N–H and O–H groups in total. The number of hydrogen-bond donors (Lipinski definition) is 1. The average Bonchev–Trinajstić information content (AvgIpc) is 3.14. The summed E-state index contributed by atoms with van der Waals surface area (Å²) < 4.78 is 1.82. The van der Waals surface area contributed by atoms with Gasteiger partial charge in [0.2, 0.25) is 5.91 Å². The highest BCUT2D eigenvalue weighted by atomic mass is 16.2. The van der Waals surface area contributed by atoms with Crippen molar-refractivity contribution in [3.05, 3.63) is 52.3 Å². The smallest absolute Gasteiger partial charge is 0.223 e. The maximum atomic E-state index is 12.9. The molecule has 5 heteroatoms. The van der Waals surface area contributed by atoms with E-state index in [4.69, 9.17) is 0 Å². The van der Waals surface area contributed by atoms with Crippen molar-refractivity contribution >= 4 is 5.91 Å². The zero-order valence-electron chi connectivity index (χ0n) is 18.3. The number of benzene rings is 1. The third kappa shape index (κ3) is 4.14. The number of carbonyl (C=O) groups excluding carboxylic acids is 1. The summed E-state index contributed by atoms with van der Waals surface area (Å²) in [6.45, 7) is 14.5. The molecule has 0 unspecified atom stereocenters. The van der Waals surface area contributed by atoms with Gasteiger partial charge >= 0.3 is 0 Å². The van der Waals surface area contributed by atoms with Crippen molar-refractivity contribution < 1.29 is 4.79 Å². The van der Waals surface area contributed by atoms with Crippen molar-refractivity contribution in [2.24, 2.45) is 13.0 Å². The second-order valence-electron chi connectivity index (χ2n) is 9.28. The number of aromatic nitrogens is 2. The number of rotatable bonds is 5. The fourth-order valence-corrected chi connectivity index (χ4v) is 4.39. The molecule has 1 amide bonds. The Morgan fingerprint density at radius 2 is 1.82 bits per heavy atom. The van der Waals surface area contributed by atoms with E-state index in [2.05, 4.69) is 69.0 Å². The Bertz CT molecular complexity index is 862. The molecule has 1 saturated heterocycles. The highest BCUT2D eigenvalue weighted by Crippen LogP contribution is 2.42. The fraction of sp³-hybridized carbons (Fsp3) is 0.565. The normalized spacial score (nSPS) is 20.2. The Morgan fingerprint density at radius 1 is 1.14 bits per heavy atom. The molecule has 0 aliphatic carbocycles. The van der Waals surface area contributed by atoms with E-state index < -0.39 is 0 Å². The van der Waals surface area contributed by atoms with E-state index in [1.54, 1.807) is 0 Å². The van der Waals surface area contributed by atoms with Crippen molar-refractivity contribution in [3.8, 4) is 0 Å². The number of carbonyl (C=O) groups is 1. The van der Waals surface area contributed by atoms with E-state index in [-0.39, 0.29) is 23.4 Å². The van der Waals surface area contributed by atoms with Crippen molar-refractivity contribution in [1.29, 1.82) is 0 Å². The molecule has 5 nitrogen and oxygen atoms in total. The van der Waals surface area contributed by atoms with E-state index in [9.17, 15) is 4.79 Å². The lowest BCUT2D eigenvalue weighted by atomic mass is 9.93. The SMILES string of the molecule is Cc1cc(C)c(CNC[C@@H]2CC(=O)N(C(C)(C)C)[C@H]2c2cnn(C)c2)cc1C. The van der Waals surface area contributed by atoms with Gasteiger partial charge in [-0.3, -0.25) is 9.48 Å². The van der Waals surface area contributed by atoms with Crippen LogP contribution in [0.5, 0.6) is 0 Å². The van der Waals surface area contributed by atoms with Gasteiger partial charge in [-0.25, -0.2) is 0 Å². The minimum absolute atomic E-state index is 0.0644. The minimum atomic E-state index is -0.211. The first-order valence-corrected chi connectivity index (χ1v) is 10.2. The van der Waals surface area contributed by atoms with Crippen LogP contribution in [0.4, 0.5) is 0 Å². The number of nitrogens with one attached hydrogen (secondary N) is 1. The van der Waals surface area contributed by atoms with E-state index in [1.807, 2.05) is 24.1 Å². The number of nitrogens with zero attached hydrogens (tertiary/aromatic N) is 3. The Labute approximate surface area is 169 Å². The van der Waals surface area contributed by atoms with Gasteiger partial charge in [0.15, 0.2) is 0 Å². The van der Waals surface area contributed by atoms with Gasteiger partial charge in [0.25, 0.3) is 0 Å². The summed E-state index contributed by atoms with van der Waals surface area (Å²) in [6.07, 6.45) is 4.53. The van der Waals surface area contributed by atoms with Gasteiger partial charge in [-0.05, 0) is 63.8 Å². The average molecular weight is 383 g/mol. The zero-order valence-corrected chi connectivity index (χ0v) is 18.3. The molecule has 1 fully saturated rings. The minimum Gasteiger partial charge on any atom is -0.330 e. The van der Waals surface area contributed by atoms with Gasteiger partial charge in [0, 0.05) is 49.8 Å². The lowest BCUT2D eigenvalue weighted by Crippen LogP contribution is -2.44. The van der Waals surface area contributed by atoms with Crippen LogP contribution < -0.4 is 5.32 Å². The molecule has 3 rings (SSSR count). The van der Waals surface area contributed by atoms with Crippen LogP contribution in [0, 0.1) is 26.7 Å². The second-order valence-corrected chi connectivity index (χ2v) is 9.28. The third-order valence-corrected chi connectivity index (χ3v) is 5.89. The topological polar surface area (TPSA) is 50.2 Å². The lowest BCUT2D eigenvalue weighted by Gasteiger charge is -2.38. The standard InChI is InChI=1S/C23H34N4O/c1-15-8-17(3)18(9-16(15)2)11-24-12-19-10-21(28)27(23(4,5)6)22(19)20-13-25-26(7)14-20/h8-9,13-14,19,22,24H,10-12H2,1-7H3/t19-,22+/m0/s1. The number of hydrogen-bond acceptors (Lipinski definition) is 3. The Kier molecular flexibility index (Phi) is 5.67. The molecular formula is C23H34N4O. The molecule has 2 heterocycles. The van der Waals surface area contributed by atoms with Gasteiger partial charge in [-0.15, -0.1) is 0 Å². The first-order chi connectivity index (χ1) is 13.1. The van der Waals surface area contributed by atoms with Crippen LogP contribution in [0.15, 0.2) is 24.5 Å². The third-order valence-electron chi connectivity index (χ3n) is 5.89. The first kappa shape index (κ1) is 20.6. The highest BCUT2D eigenvalue weighted by Gasteiger charge is 2.45. The number of likely N-dealkylation sites (tertiary alicyclic amines) is 1. The quantitative estimate of drug-likeness (QED) is 0.855. The van der Waals surface area contributed by atoms with Crippen LogP contribution >= 0.6 is 0 Å². The van der Waals surface area contributed by atoms with Gasteiger partial charge in [-0.1, -0.05) is 12.1 Å². The van der Waals surface area contributed by atoms with Crippen LogP contribution in [0.1, 0.15) is 61.1 Å². The van der Waals surface area contributed by atoms with E-state index in [0.29, 0.717) is 6.42 Å². The molecule has 0 bridgehead atoms. The predicted molar refractivity (Wildman–Crippen MR) is 113 cm³/mol. The summed E-state index contributed by atoms with van der Waals surface area (Å²) in [5.41, 5.74) is 6.22. The molecule has 2 aromatic rings. The zero-order chi connectivity index (χ0) is 20.6. The number of aryl methyl sites for hydroxylation is 4. The van der Waals surface area contributed by atoms with Crippen LogP contribution in [0.2, 0.25) is 0 Å². The largest absolute Gasteiger partial charge is 0.330 e. The molecule has 1 aliphatic rings. The molecule has 1 aromatic heterocycles. The van der Waals surface area contributed by atoms with Crippen LogP contribution in [0.3, 0.4) is 0 Å². The van der Waals surface area contributed by atoms with Crippen LogP contribution in [-0.4, -0.2) is 32.7 Å². The van der Waals surface area contributed by atoms with Crippen molar-refractivity contribution in [2.45, 2.75) is 66.1 Å². The molecule has 0 spiro atoms. The van der Waals surface area contributed by atoms with Crippen molar-refractivity contribution in [3.63, 3.8) is 0 Å². The van der Waals surface area contributed by atoms with Crippen LogP contribution in [-0.2, 0) is 18.4 Å². The summed E-state index contributed by atoms with van der Waals surface area (Å²) in [5, 5.41) is 7.98. The van der Waals surface area contributed by atoms with E-state index >= 15 is 0 Å². The molecular weight excluding hydrogens is 348 g/mol. The van der Waals surface area contributed by atoms with E-state index in [0.717, 1.165) is 18.7 Å². The van der Waals surface area contributed by atoms with Gasteiger partial charge in [-0.2, -0.15) is 5.10 Å².